The number of amides is 1. The molecule has 0 aromatic rings. The van der Waals surface area contributed by atoms with Crippen molar-refractivity contribution in [3.63, 3.8) is 0 Å². The van der Waals surface area contributed by atoms with Gasteiger partial charge in [0.2, 0.25) is 5.91 Å². The monoisotopic (exact) mass is 172 g/mol. The van der Waals surface area contributed by atoms with Gasteiger partial charge in [0, 0.05) is 13.1 Å². The molecule has 1 heterocycles. The van der Waals surface area contributed by atoms with E-state index in [1.165, 1.54) is 4.90 Å². The first-order valence-corrected chi connectivity index (χ1v) is 3.85. The van der Waals surface area contributed by atoms with Crippen molar-refractivity contribution < 1.29 is 14.7 Å². The van der Waals surface area contributed by atoms with Gasteiger partial charge in [-0.25, -0.2) is 0 Å². The van der Waals surface area contributed by atoms with Crippen LogP contribution in [0.1, 0.15) is 6.92 Å². The van der Waals surface area contributed by atoms with E-state index in [0.717, 1.165) is 0 Å². The summed E-state index contributed by atoms with van der Waals surface area (Å²) in [6.07, 6.45) is 0. The van der Waals surface area contributed by atoms with Gasteiger partial charge in [-0.3, -0.25) is 9.59 Å². The molecule has 68 valence electrons. The highest BCUT2D eigenvalue weighted by atomic mass is 16.4. The van der Waals surface area contributed by atoms with Gasteiger partial charge in [0.25, 0.3) is 0 Å². The molecular weight excluding hydrogens is 160 g/mol. The molecule has 0 aromatic carbocycles. The molecule has 5 heteroatoms. The Morgan fingerprint density at radius 2 is 2.50 bits per heavy atom. The largest absolute Gasteiger partial charge is 0.480 e. The van der Waals surface area contributed by atoms with E-state index < -0.39 is 5.97 Å². The summed E-state index contributed by atoms with van der Waals surface area (Å²) in [5, 5.41) is 11.4. The average molecular weight is 172 g/mol. The van der Waals surface area contributed by atoms with Gasteiger partial charge in [-0.1, -0.05) is 0 Å². The second-order valence-electron chi connectivity index (χ2n) is 2.83. The molecule has 0 saturated carbocycles. The smallest absolute Gasteiger partial charge is 0.323 e. The zero-order chi connectivity index (χ0) is 9.14. The number of nitrogens with one attached hydrogen (secondary N) is 1. The maximum atomic E-state index is 11.3. The van der Waals surface area contributed by atoms with Gasteiger partial charge in [0.05, 0.1) is 6.04 Å². The first-order valence-electron chi connectivity index (χ1n) is 3.85. The number of hydrogen-bond acceptors (Lipinski definition) is 3. The van der Waals surface area contributed by atoms with Gasteiger partial charge in [-0.15, -0.1) is 0 Å². The summed E-state index contributed by atoms with van der Waals surface area (Å²) >= 11 is 0. The fourth-order valence-electron chi connectivity index (χ4n) is 1.21. The van der Waals surface area contributed by atoms with Crippen LogP contribution >= 0.6 is 0 Å². The Labute approximate surface area is 70.4 Å². The predicted octanol–water partition coefficient (Wildman–Crippen LogP) is -1.11. The highest BCUT2D eigenvalue weighted by molar-refractivity contribution is 5.85. The van der Waals surface area contributed by atoms with Crippen molar-refractivity contribution in [2.45, 2.75) is 13.0 Å². The van der Waals surface area contributed by atoms with Gasteiger partial charge in [0.1, 0.15) is 6.54 Å². The molecule has 1 saturated heterocycles. The van der Waals surface area contributed by atoms with Crippen LogP contribution in [0, 0.1) is 0 Å². The third kappa shape index (κ3) is 1.94. The summed E-state index contributed by atoms with van der Waals surface area (Å²) in [5.41, 5.74) is 0. The minimum absolute atomic E-state index is 0.136. The highest BCUT2D eigenvalue weighted by Crippen LogP contribution is 1.99. The third-order valence-corrected chi connectivity index (χ3v) is 1.84. The molecule has 12 heavy (non-hydrogen) atoms. The van der Waals surface area contributed by atoms with Crippen LogP contribution in [0.2, 0.25) is 0 Å². The topological polar surface area (TPSA) is 69.6 Å². The van der Waals surface area contributed by atoms with Crippen molar-refractivity contribution in [3.8, 4) is 0 Å². The predicted molar refractivity (Wildman–Crippen MR) is 41.7 cm³/mol. The second kappa shape index (κ2) is 3.53. The standard InChI is InChI=1S/C7H12N2O3/c1-5-7(12)9(3-2-8-5)4-6(10)11/h5,8H,2-4H2,1H3,(H,10,11). The van der Waals surface area contributed by atoms with E-state index in [4.69, 9.17) is 5.11 Å². The SMILES string of the molecule is CC1NCCN(CC(=O)O)C1=O. The minimum atomic E-state index is -0.961. The number of nitrogens with zero attached hydrogens (tertiary/aromatic N) is 1. The summed E-state index contributed by atoms with van der Waals surface area (Å²) < 4.78 is 0. The molecule has 1 atom stereocenters. The number of aliphatic carboxylic acids is 1. The minimum Gasteiger partial charge on any atom is -0.480 e. The molecular formula is C7H12N2O3. The van der Waals surface area contributed by atoms with Gasteiger partial charge in [-0.2, -0.15) is 0 Å². The molecule has 1 aliphatic rings. The number of carbonyl (C=O) groups is 2. The van der Waals surface area contributed by atoms with E-state index >= 15 is 0 Å². The van der Waals surface area contributed by atoms with Crippen LogP contribution in [-0.4, -0.2) is 47.6 Å². The third-order valence-electron chi connectivity index (χ3n) is 1.84. The first-order chi connectivity index (χ1) is 5.61. The van der Waals surface area contributed by atoms with Crippen LogP contribution in [0.25, 0.3) is 0 Å². The summed E-state index contributed by atoms with van der Waals surface area (Å²) in [4.78, 5) is 22.9. The van der Waals surface area contributed by atoms with Crippen LogP contribution in [0.15, 0.2) is 0 Å². The fraction of sp³-hybridized carbons (Fsp3) is 0.714. The van der Waals surface area contributed by atoms with Crippen molar-refractivity contribution in [3.05, 3.63) is 0 Å². The fourth-order valence-corrected chi connectivity index (χ4v) is 1.21. The molecule has 2 N–H and O–H groups in total. The van der Waals surface area contributed by atoms with Crippen molar-refractivity contribution in [1.29, 1.82) is 0 Å². The Hall–Kier alpha value is -1.10. The van der Waals surface area contributed by atoms with Crippen molar-refractivity contribution in [2.24, 2.45) is 0 Å². The van der Waals surface area contributed by atoms with Crippen LogP contribution in [0.5, 0.6) is 0 Å². The maximum Gasteiger partial charge on any atom is 0.323 e. The lowest BCUT2D eigenvalue weighted by Crippen LogP contribution is -2.54. The number of carboxylic acid groups (broad SMARTS) is 1. The molecule has 1 rings (SSSR count). The average Bonchev–Trinajstić information content (AvgIpc) is 1.98. The van der Waals surface area contributed by atoms with E-state index in [9.17, 15) is 9.59 Å². The zero-order valence-corrected chi connectivity index (χ0v) is 6.91. The van der Waals surface area contributed by atoms with E-state index in [1.807, 2.05) is 0 Å². The van der Waals surface area contributed by atoms with Gasteiger partial charge >= 0.3 is 5.97 Å². The zero-order valence-electron chi connectivity index (χ0n) is 6.91. The van der Waals surface area contributed by atoms with Crippen molar-refractivity contribution in [2.75, 3.05) is 19.6 Å². The Kier molecular flexibility index (Phi) is 2.65. The van der Waals surface area contributed by atoms with Crippen LogP contribution < -0.4 is 5.32 Å². The molecule has 1 aliphatic heterocycles. The van der Waals surface area contributed by atoms with E-state index in [-0.39, 0.29) is 18.5 Å². The van der Waals surface area contributed by atoms with Crippen LogP contribution in [-0.2, 0) is 9.59 Å². The highest BCUT2D eigenvalue weighted by Gasteiger charge is 2.25. The molecule has 1 fully saturated rings. The van der Waals surface area contributed by atoms with E-state index in [1.54, 1.807) is 6.92 Å². The van der Waals surface area contributed by atoms with E-state index in [2.05, 4.69) is 5.32 Å². The van der Waals surface area contributed by atoms with Crippen molar-refractivity contribution >= 4 is 11.9 Å². The molecule has 0 bridgehead atoms. The number of carboxylic acids is 1. The summed E-state index contributed by atoms with van der Waals surface area (Å²) in [6, 6.07) is -0.252. The van der Waals surface area contributed by atoms with Crippen LogP contribution in [0.4, 0.5) is 0 Å². The Morgan fingerprint density at radius 3 is 3.08 bits per heavy atom. The molecule has 0 radical (unpaired) electrons. The maximum absolute atomic E-state index is 11.3. The molecule has 0 aliphatic carbocycles. The number of rotatable bonds is 2. The van der Waals surface area contributed by atoms with Gasteiger partial charge < -0.3 is 15.3 Å². The number of carbonyl (C=O) groups excluding carboxylic acids is 1. The number of hydrogen-bond donors (Lipinski definition) is 2. The summed E-state index contributed by atoms with van der Waals surface area (Å²) in [5.74, 6) is -1.10. The lowest BCUT2D eigenvalue weighted by molar-refractivity contribution is -0.146. The summed E-state index contributed by atoms with van der Waals surface area (Å²) in [7, 11) is 0. The molecule has 5 nitrogen and oxygen atoms in total. The second-order valence-corrected chi connectivity index (χ2v) is 2.83. The van der Waals surface area contributed by atoms with Crippen LogP contribution in [0.3, 0.4) is 0 Å². The van der Waals surface area contributed by atoms with Crippen molar-refractivity contribution in [1.82, 2.24) is 10.2 Å². The molecule has 0 aromatic heterocycles. The lowest BCUT2D eigenvalue weighted by Gasteiger charge is -2.29. The lowest BCUT2D eigenvalue weighted by atomic mass is 10.2. The Morgan fingerprint density at radius 1 is 1.83 bits per heavy atom. The normalized spacial score (nSPS) is 24.2. The molecule has 0 spiro atoms. The summed E-state index contributed by atoms with van der Waals surface area (Å²) in [6.45, 7) is 2.69. The Bertz CT molecular complexity index is 205. The van der Waals surface area contributed by atoms with Gasteiger partial charge in [0.15, 0.2) is 0 Å². The number of piperazine rings is 1. The van der Waals surface area contributed by atoms with E-state index in [0.29, 0.717) is 13.1 Å². The van der Waals surface area contributed by atoms with Gasteiger partial charge in [-0.05, 0) is 6.92 Å². The Balaban J connectivity index is 2.52. The quantitative estimate of drug-likeness (QED) is 0.554. The molecule has 1 amide bonds. The first kappa shape index (κ1) is 8.99. The molecule has 1 unspecified atom stereocenters.